The number of benzene rings is 1. The van der Waals surface area contributed by atoms with E-state index in [1.165, 1.54) is 6.07 Å². The van der Waals surface area contributed by atoms with Crippen LogP contribution in [0.15, 0.2) is 18.2 Å². The third-order valence-electron chi connectivity index (χ3n) is 4.09. The molecule has 0 bridgehead atoms. The number of ether oxygens (including phenoxy) is 1. The first-order valence-corrected chi connectivity index (χ1v) is 6.68. The number of nitrogens with one attached hydrogen (secondary N) is 1. The molecule has 0 aliphatic carbocycles. The van der Waals surface area contributed by atoms with E-state index in [1.807, 2.05) is 0 Å². The van der Waals surface area contributed by atoms with Gasteiger partial charge in [-0.25, -0.2) is 4.39 Å². The molecule has 1 aromatic carbocycles. The molecule has 0 aromatic heterocycles. The van der Waals surface area contributed by atoms with Crippen LogP contribution in [-0.4, -0.2) is 41.0 Å². The molecule has 108 valence electrons. The van der Waals surface area contributed by atoms with Gasteiger partial charge in [0.05, 0.1) is 17.2 Å². The maximum absolute atomic E-state index is 13.3. The van der Waals surface area contributed by atoms with Gasteiger partial charge in [-0.2, -0.15) is 0 Å². The smallest absolute Gasteiger partial charge is 0.262 e. The summed E-state index contributed by atoms with van der Waals surface area (Å²) in [5.41, 5.74) is 0.267. The third-order valence-corrected chi connectivity index (χ3v) is 4.09. The molecule has 21 heavy (non-hydrogen) atoms. The highest BCUT2D eigenvalue weighted by Crippen LogP contribution is 2.36. The van der Waals surface area contributed by atoms with Gasteiger partial charge in [0.1, 0.15) is 11.9 Å². The monoisotopic (exact) mass is 290 g/mol. The highest BCUT2D eigenvalue weighted by atomic mass is 19.1. The number of nitrogens with zero attached hydrogens (tertiary/aromatic N) is 1. The van der Waals surface area contributed by atoms with E-state index in [1.54, 1.807) is 0 Å². The van der Waals surface area contributed by atoms with Crippen LogP contribution < -0.4 is 5.32 Å². The zero-order valence-corrected chi connectivity index (χ0v) is 10.8. The Balaban J connectivity index is 1.69. The van der Waals surface area contributed by atoms with Crippen molar-refractivity contribution in [2.75, 3.05) is 0 Å². The minimum atomic E-state index is -0.560. The molecule has 3 unspecified atom stereocenters. The highest BCUT2D eigenvalue weighted by Gasteiger charge is 2.54. The van der Waals surface area contributed by atoms with E-state index in [-0.39, 0.29) is 29.6 Å². The van der Waals surface area contributed by atoms with Gasteiger partial charge >= 0.3 is 0 Å². The van der Waals surface area contributed by atoms with Crippen LogP contribution in [0, 0.1) is 5.82 Å². The van der Waals surface area contributed by atoms with E-state index >= 15 is 0 Å². The Morgan fingerprint density at radius 2 is 1.95 bits per heavy atom. The number of amides is 3. The van der Waals surface area contributed by atoms with E-state index in [0.29, 0.717) is 6.42 Å². The largest absolute Gasteiger partial charge is 0.346 e. The lowest BCUT2D eigenvalue weighted by Gasteiger charge is -2.23. The number of fused-ring (bicyclic) bond motifs is 2. The Morgan fingerprint density at radius 1 is 1.19 bits per heavy atom. The van der Waals surface area contributed by atoms with Crippen molar-refractivity contribution < 1.29 is 23.5 Å². The van der Waals surface area contributed by atoms with Crippen LogP contribution >= 0.6 is 0 Å². The SMILES string of the molecule is O=C1CCC(N2C(=O)c3ccc(F)cc3C2=O)C2OC2N1. The predicted molar refractivity (Wildman–Crippen MR) is 66.7 cm³/mol. The molecule has 2 fully saturated rings. The summed E-state index contributed by atoms with van der Waals surface area (Å²) in [5.74, 6) is -1.70. The molecular formula is C14H11FN2O4. The number of epoxide rings is 1. The summed E-state index contributed by atoms with van der Waals surface area (Å²) in [6.45, 7) is 0. The lowest BCUT2D eigenvalue weighted by molar-refractivity contribution is -0.121. The summed E-state index contributed by atoms with van der Waals surface area (Å²) in [4.78, 5) is 37.4. The van der Waals surface area contributed by atoms with Crippen molar-refractivity contribution in [1.82, 2.24) is 10.2 Å². The van der Waals surface area contributed by atoms with E-state index in [9.17, 15) is 18.8 Å². The van der Waals surface area contributed by atoms with Gasteiger partial charge < -0.3 is 10.1 Å². The Hall–Kier alpha value is -2.28. The Bertz CT molecular complexity index is 690. The van der Waals surface area contributed by atoms with Crippen molar-refractivity contribution in [2.45, 2.75) is 31.2 Å². The van der Waals surface area contributed by atoms with Gasteiger partial charge in [-0.05, 0) is 24.6 Å². The van der Waals surface area contributed by atoms with Crippen molar-refractivity contribution in [2.24, 2.45) is 0 Å². The van der Waals surface area contributed by atoms with Gasteiger partial charge in [-0.15, -0.1) is 0 Å². The number of halogens is 1. The number of rotatable bonds is 1. The topological polar surface area (TPSA) is 79.0 Å². The Morgan fingerprint density at radius 3 is 2.76 bits per heavy atom. The molecule has 1 aromatic rings. The molecule has 3 aliphatic rings. The summed E-state index contributed by atoms with van der Waals surface area (Å²) >= 11 is 0. The molecule has 0 saturated carbocycles. The van der Waals surface area contributed by atoms with Crippen LogP contribution in [0.3, 0.4) is 0 Å². The molecule has 3 atom stereocenters. The van der Waals surface area contributed by atoms with Gasteiger partial charge in [0, 0.05) is 6.42 Å². The average molecular weight is 290 g/mol. The van der Waals surface area contributed by atoms with Gasteiger partial charge in [0.15, 0.2) is 6.23 Å². The first-order valence-electron chi connectivity index (χ1n) is 6.68. The van der Waals surface area contributed by atoms with Crippen LogP contribution in [0.5, 0.6) is 0 Å². The molecule has 3 amide bonds. The molecule has 3 aliphatic heterocycles. The van der Waals surface area contributed by atoms with Crippen molar-refractivity contribution in [3.63, 3.8) is 0 Å². The standard InChI is InChI=1S/C14H11FN2O4/c15-6-1-2-7-8(5-6)14(20)17(13(7)19)9-3-4-10(18)16-12-11(9)21-12/h1-2,5,9,11-12H,3-4H2,(H,16,18). The fourth-order valence-corrected chi connectivity index (χ4v) is 3.02. The normalized spacial score (nSPS) is 30.6. The lowest BCUT2D eigenvalue weighted by Crippen LogP contribution is -2.43. The predicted octanol–water partition coefficient (Wildman–Crippen LogP) is 0.425. The fourth-order valence-electron chi connectivity index (χ4n) is 3.02. The first kappa shape index (κ1) is 12.5. The van der Waals surface area contributed by atoms with E-state index in [2.05, 4.69) is 5.32 Å². The Kier molecular flexibility index (Phi) is 2.44. The summed E-state index contributed by atoms with van der Waals surface area (Å²) in [6.07, 6.45) is -0.237. The second-order valence-electron chi connectivity index (χ2n) is 5.37. The maximum Gasteiger partial charge on any atom is 0.262 e. The number of hydrogen-bond acceptors (Lipinski definition) is 4. The van der Waals surface area contributed by atoms with E-state index in [4.69, 9.17) is 4.74 Å². The number of imide groups is 1. The van der Waals surface area contributed by atoms with Crippen LogP contribution in [-0.2, 0) is 9.53 Å². The van der Waals surface area contributed by atoms with Crippen molar-refractivity contribution in [1.29, 1.82) is 0 Å². The summed E-state index contributed by atoms with van der Waals surface area (Å²) in [7, 11) is 0. The molecule has 0 spiro atoms. The van der Waals surface area contributed by atoms with Crippen LogP contribution in [0.2, 0.25) is 0 Å². The second-order valence-corrected chi connectivity index (χ2v) is 5.37. The van der Waals surface area contributed by atoms with Crippen LogP contribution in [0.4, 0.5) is 4.39 Å². The van der Waals surface area contributed by atoms with Gasteiger partial charge in [-0.3, -0.25) is 19.3 Å². The van der Waals surface area contributed by atoms with Gasteiger partial charge in [0.2, 0.25) is 5.91 Å². The lowest BCUT2D eigenvalue weighted by atomic mass is 10.1. The molecule has 6 nitrogen and oxygen atoms in total. The zero-order valence-electron chi connectivity index (χ0n) is 10.8. The maximum atomic E-state index is 13.3. The van der Waals surface area contributed by atoms with Crippen LogP contribution in [0.1, 0.15) is 33.6 Å². The van der Waals surface area contributed by atoms with Crippen molar-refractivity contribution in [3.05, 3.63) is 35.1 Å². The summed E-state index contributed by atoms with van der Waals surface area (Å²) in [5, 5.41) is 2.66. The quantitative estimate of drug-likeness (QED) is 0.601. The van der Waals surface area contributed by atoms with Crippen molar-refractivity contribution >= 4 is 17.7 Å². The van der Waals surface area contributed by atoms with Gasteiger partial charge in [-0.1, -0.05) is 0 Å². The fraction of sp³-hybridized carbons (Fsp3) is 0.357. The minimum Gasteiger partial charge on any atom is -0.346 e. The second kappa shape index (κ2) is 4.11. The average Bonchev–Trinajstić information content (AvgIpc) is 3.16. The first-order chi connectivity index (χ1) is 10.1. The molecule has 0 radical (unpaired) electrons. The molecule has 7 heteroatoms. The molecular weight excluding hydrogens is 279 g/mol. The van der Waals surface area contributed by atoms with E-state index in [0.717, 1.165) is 17.0 Å². The number of carbonyl (C=O) groups excluding carboxylic acids is 3. The molecule has 4 rings (SSSR count). The molecule has 1 N–H and O–H groups in total. The minimum absolute atomic E-state index is 0.0701. The zero-order chi connectivity index (χ0) is 14.7. The van der Waals surface area contributed by atoms with Crippen LogP contribution in [0.25, 0.3) is 0 Å². The summed E-state index contributed by atoms with van der Waals surface area (Å²) in [6, 6.07) is 3.05. The van der Waals surface area contributed by atoms with Gasteiger partial charge in [0.25, 0.3) is 11.8 Å². The van der Waals surface area contributed by atoms with Crippen molar-refractivity contribution in [3.8, 4) is 0 Å². The highest BCUT2D eigenvalue weighted by molar-refractivity contribution is 6.21. The Labute approximate surface area is 118 Å². The van der Waals surface area contributed by atoms with E-state index < -0.39 is 29.9 Å². The summed E-state index contributed by atoms with van der Waals surface area (Å²) < 4.78 is 18.6. The number of hydrogen-bond donors (Lipinski definition) is 1. The number of carbonyl (C=O) groups is 3. The third kappa shape index (κ3) is 1.77. The molecule has 2 saturated heterocycles. The molecule has 3 heterocycles.